The average Bonchev–Trinajstić information content (AvgIpc) is 3.17. The number of rotatable bonds is 7. The number of amides is 1. The third-order valence-electron chi connectivity index (χ3n) is 4.65. The Morgan fingerprint density at radius 1 is 1.08 bits per heavy atom. The molecular weight excluding hydrogens is 342 g/mol. The van der Waals surface area contributed by atoms with E-state index in [1.807, 2.05) is 24.1 Å². The van der Waals surface area contributed by atoms with E-state index in [1.165, 1.54) is 29.0 Å². The van der Waals surface area contributed by atoms with Gasteiger partial charge in [0.2, 0.25) is 5.91 Å². The van der Waals surface area contributed by atoms with Gasteiger partial charge in [-0.3, -0.25) is 9.69 Å². The van der Waals surface area contributed by atoms with Gasteiger partial charge in [-0.25, -0.2) is 0 Å². The summed E-state index contributed by atoms with van der Waals surface area (Å²) in [7, 11) is 1.97. The van der Waals surface area contributed by atoms with Crippen molar-refractivity contribution in [3.63, 3.8) is 0 Å². The minimum absolute atomic E-state index is 0.0159. The predicted octanol–water partition coefficient (Wildman–Crippen LogP) is 4.08. The summed E-state index contributed by atoms with van der Waals surface area (Å²) in [6, 6.07) is 16.7. The molecule has 0 atom stereocenters. The molecule has 1 heterocycles. The molecule has 0 aliphatic carbocycles. The molecule has 1 aliphatic rings. The SMILES string of the molecule is CSc1ccc(CN(C)CC(=O)Nc2ccc(N3CCCC3)cc2)cc1. The topological polar surface area (TPSA) is 35.6 Å². The number of anilines is 2. The molecule has 0 saturated carbocycles. The van der Waals surface area contributed by atoms with Crippen molar-refractivity contribution in [3.8, 4) is 0 Å². The number of carbonyl (C=O) groups is 1. The van der Waals surface area contributed by atoms with Gasteiger partial charge in [0.15, 0.2) is 0 Å². The maximum Gasteiger partial charge on any atom is 0.238 e. The molecule has 0 bridgehead atoms. The van der Waals surface area contributed by atoms with Crippen molar-refractivity contribution >= 4 is 29.0 Å². The molecular formula is C21H27N3OS. The van der Waals surface area contributed by atoms with Gasteiger partial charge in [-0.15, -0.1) is 11.8 Å². The fourth-order valence-electron chi connectivity index (χ4n) is 3.28. The third-order valence-corrected chi connectivity index (χ3v) is 5.39. The second-order valence-corrected chi connectivity index (χ2v) is 7.69. The third kappa shape index (κ3) is 5.26. The van der Waals surface area contributed by atoms with Crippen LogP contribution in [-0.2, 0) is 11.3 Å². The molecule has 1 fully saturated rings. The minimum atomic E-state index is 0.0159. The monoisotopic (exact) mass is 369 g/mol. The van der Waals surface area contributed by atoms with Crippen molar-refractivity contribution in [2.75, 3.05) is 43.2 Å². The fraction of sp³-hybridized carbons (Fsp3) is 0.381. The fourth-order valence-corrected chi connectivity index (χ4v) is 3.68. The predicted molar refractivity (Wildman–Crippen MR) is 111 cm³/mol. The number of nitrogens with zero attached hydrogens (tertiary/aromatic N) is 2. The first-order valence-corrected chi connectivity index (χ1v) is 10.3. The molecule has 1 aliphatic heterocycles. The molecule has 0 aromatic heterocycles. The van der Waals surface area contributed by atoms with Gasteiger partial charge in [-0.1, -0.05) is 12.1 Å². The first-order chi connectivity index (χ1) is 12.6. The van der Waals surface area contributed by atoms with Gasteiger partial charge in [-0.2, -0.15) is 0 Å². The maximum atomic E-state index is 12.3. The Bertz CT molecular complexity index is 709. The molecule has 2 aromatic carbocycles. The van der Waals surface area contributed by atoms with Gasteiger partial charge in [0.1, 0.15) is 0 Å². The molecule has 0 radical (unpaired) electrons. The van der Waals surface area contributed by atoms with Crippen LogP contribution in [0.15, 0.2) is 53.4 Å². The number of benzene rings is 2. The summed E-state index contributed by atoms with van der Waals surface area (Å²) >= 11 is 1.74. The van der Waals surface area contributed by atoms with Gasteiger partial charge in [0.25, 0.3) is 0 Å². The van der Waals surface area contributed by atoms with E-state index in [4.69, 9.17) is 0 Å². The van der Waals surface area contributed by atoms with E-state index in [0.29, 0.717) is 6.54 Å². The lowest BCUT2D eigenvalue weighted by Crippen LogP contribution is -2.29. The van der Waals surface area contributed by atoms with E-state index in [1.54, 1.807) is 11.8 Å². The van der Waals surface area contributed by atoms with Crippen molar-refractivity contribution in [1.82, 2.24) is 4.90 Å². The van der Waals surface area contributed by atoms with Crippen LogP contribution in [0.3, 0.4) is 0 Å². The van der Waals surface area contributed by atoms with Crippen LogP contribution >= 0.6 is 11.8 Å². The zero-order valence-electron chi connectivity index (χ0n) is 15.6. The number of thioether (sulfide) groups is 1. The number of hydrogen-bond donors (Lipinski definition) is 1. The highest BCUT2D eigenvalue weighted by Gasteiger charge is 2.12. The van der Waals surface area contributed by atoms with Crippen molar-refractivity contribution in [3.05, 3.63) is 54.1 Å². The van der Waals surface area contributed by atoms with E-state index in [2.05, 4.69) is 52.9 Å². The summed E-state index contributed by atoms with van der Waals surface area (Å²) in [4.78, 5) is 18.0. The molecule has 2 aromatic rings. The molecule has 1 N–H and O–H groups in total. The zero-order chi connectivity index (χ0) is 18.4. The number of likely N-dealkylation sites (N-methyl/N-ethyl adjacent to an activating group) is 1. The second kappa shape index (κ2) is 9.10. The highest BCUT2D eigenvalue weighted by molar-refractivity contribution is 7.98. The highest BCUT2D eigenvalue weighted by Crippen LogP contribution is 2.22. The first-order valence-electron chi connectivity index (χ1n) is 9.10. The molecule has 5 heteroatoms. The Morgan fingerprint density at radius 3 is 2.35 bits per heavy atom. The summed E-state index contributed by atoms with van der Waals surface area (Å²) < 4.78 is 0. The van der Waals surface area contributed by atoms with Crippen LogP contribution in [0.25, 0.3) is 0 Å². The van der Waals surface area contributed by atoms with Crippen molar-refractivity contribution in [2.45, 2.75) is 24.3 Å². The smallest absolute Gasteiger partial charge is 0.238 e. The molecule has 26 heavy (non-hydrogen) atoms. The van der Waals surface area contributed by atoms with Gasteiger partial charge in [0.05, 0.1) is 6.54 Å². The first kappa shape index (κ1) is 18.8. The standard InChI is InChI=1S/C21H27N3OS/c1-23(15-17-5-11-20(26-2)12-6-17)16-21(25)22-18-7-9-19(10-8-18)24-13-3-4-14-24/h5-12H,3-4,13-16H2,1-2H3,(H,22,25). The number of nitrogens with one attached hydrogen (secondary N) is 1. The second-order valence-electron chi connectivity index (χ2n) is 6.81. The van der Waals surface area contributed by atoms with Crippen molar-refractivity contribution in [1.29, 1.82) is 0 Å². The lowest BCUT2D eigenvalue weighted by Gasteiger charge is -2.19. The van der Waals surface area contributed by atoms with Gasteiger partial charge in [0, 0.05) is 35.9 Å². The van der Waals surface area contributed by atoms with Gasteiger partial charge in [-0.05, 0) is 68.1 Å². The minimum Gasteiger partial charge on any atom is -0.372 e. The van der Waals surface area contributed by atoms with Crippen LogP contribution in [0.4, 0.5) is 11.4 Å². The molecule has 4 nitrogen and oxygen atoms in total. The Kier molecular flexibility index (Phi) is 6.58. The largest absolute Gasteiger partial charge is 0.372 e. The maximum absolute atomic E-state index is 12.3. The molecule has 0 spiro atoms. The van der Waals surface area contributed by atoms with Crippen LogP contribution in [0.2, 0.25) is 0 Å². The van der Waals surface area contributed by atoms with Crippen LogP contribution < -0.4 is 10.2 Å². The Morgan fingerprint density at radius 2 is 1.73 bits per heavy atom. The van der Waals surface area contributed by atoms with Crippen LogP contribution in [0.5, 0.6) is 0 Å². The van der Waals surface area contributed by atoms with E-state index in [0.717, 1.165) is 25.3 Å². The highest BCUT2D eigenvalue weighted by atomic mass is 32.2. The molecule has 138 valence electrons. The molecule has 1 saturated heterocycles. The molecule has 0 unspecified atom stereocenters. The lowest BCUT2D eigenvalue weighted by molar-refractivity contribution is -0.117. The van der Waals surface area contributed by atoms with E-state index in [9.17, 15) is 4.79 Å². The number of carbonyl (C=O) groups excluding carboxylic acids is 1. The Balaban J connectivity index is 1.47. The Hall–Kier alpha value is -1.98. The lowest BCUT2D eigenvalue weighted by atomic mass is 10.2. The molecule has 1 amide bonds. The average molecular weight is 370 g/mol. The van der Waals surface area contributed by atoms with Crippen LogP contribution in [-0.4, -0.2) is 43.7 Å². The zero-order valence-corrected chi connectivity index (χ0v) is 16.4. The van der Waals surface area contributed by atoms with Crippen LogP contribution in [0, 0.1) is 0 Å². The van der Waals surface area contributed by atoms with Crippen molar-refractivity contribution < 1.29 is 4.79 Å². The summed E-state index contributed by atoms with van der Waals surface area (Å²) in [5.74, 6) is 0.0159. The van der Waals surface area contributed by atoms with Gasteiger partial charge < -0.3 is 10.2 Å². The van der Waals surface area contributed by atoms with E-state index in [-0.39, 0.29) is 5.91 Å². The van der Waals surface area contributed by atoms with E-state index < -0.39 is 0 Å². The summed E-state index contributed by atoms with van der Waals surface area (Å²) in [5, 5.41) is 2.99. The molecule has 3 rings (SSSR count). The normalized spacial score (nSPS) is 14.0. The Labute approximate surface area is 160 Å². The quantitative estimate of drug-likeness (QED) is 0.746. The summed E-state index contributed by atoms with van der Waals surface area (Å²) in [6.45, 7) is 3.40. The van der Waals surface area contributed by atoms with Crippen molar-refractivity contribution in [2.24, 2.45) is 0 Å². The number of hydrogen-bond acceptors (Lipinski definition) is 4. The summed E-state index contributed by atoms with van der Waals surface area (Å²) in [5.41, 5.74) is 3.31. The van der Waals surface area contributed by atoms with E-state index >= 15 is 0 Å². The van der Waals surface area contributed by atoms with Crippen LogP contribution in [0.1, 0.15) is 18.4 Å². The summed E-state index contributed by atoms with van der Waals surface area (Å²) in [6.07, 6.45) is 4.61. The van der Waals surface area contributed by atoms with Gasteiger partial charge >= 0.3 is 0 Å².